The lowest BCUT2D eigenvalue weighted by Gasteiger charge is -2.32. The summed E-state index contributed by atoms with van der Waals surface area (Å²) in [6.45, 7) is 5.96. The molecular formula is C49H47F3N10O8S2. The number of amides is 4. The number of hydrogen-bond donors (Lipinski definition) is 2. The summed E-state index contributed by atoms with van der Waals surface area (Å²) < 4.78 is 77.5. The van der Waals surface area contributed by atoms with Crippen LogP contribution in [0.1, 0.15) is 46.1 Å². The van der Waals surface area contributed by atoms with Gasteiger partial charge in [-0.3, -0.25) is 5.32 Å². The fourth-order valence-electron chi connectivity index (χ4n) is 7.03. The maximum absolute atomic E-state index is 15.1. The Balaban J connectivity index is 1.20. The van der Waals surface area contributed by atoms with Gasteiger partial charge in [0.1, 0.15) is 47.5 Å². The Labute approximate surface area is 418 Å². The lowest BCUT2D eigenvalue weighted by Crippen LogP contribution is -2.54. The SMILES string of the molecule is CCOc1cc2ncnc(Sc3cccc(NC(=O)N(c4cc(C(C)(CF)CF)on4)N(C(=O)Nc4cc(C(C)(C)F)no4)c4cccc(Sc5ncnc6cc(OCC)c(OC)cc56)c4)c3)c2cc1OC. The lowest BCUT2D eigenvalue weighted by molar-refractivity contribution is 0.205. The normalized spacial score (nSPS) is 11.6. The number of rotatable bonds is 18. The molecule has 4 heterocycles. The van der Waals surface area contributed by atoms with Crippen molar-refractivity contribution in [2.24, 2.45) is 0 Å². The first-order chi connectivity index (χ1) is 34.7. The van der Waals surface area contributed by atoms with Gasteiger partial charge in [-0.25, -0.2) is 42.7 Å². The molecule has 0 saturated heterocycles. The summed E-state index contributed by atoms with van der Waals surface area (Å²) in [5.41, 5.74) is -2.40. The Kier molecular flexibility index (Phi) is 15.2. The van der Waals surface area contributed by atoms with Crippen LogP contribution in [-0.4, -0.2) is 83.1 Å². The molecule has 4 amide bonds. The highest BCUT2D eigenvalue weighted by Crippen LogP contribution is 2.41. The van der Waals surface area contributed by atoms with Crippen molar-refractivity contribution in [2.45, 2.75) is 65.5 Å². The van der Waals surface area contributed by atoms with Gasteiger partial charge in [-0.2, -0.15) is 10.0 Å². The molecule has 0 spiro atoms. The van der Waals surface area contributed by atoms with E-state index in [4.69, 9.17) is 28.0 Å². The fourth-order valence-corrected chi connectivity index (χ4v) is 8.88. The molecule has 0 bridgehead atoms. The van der Waals surface area contributed by atoms with Crippen LogP contribution in [0.5, 0.6) is 23.0 Å². The van der Waals surface area contributed by atoms with Gasteiger partial charge < -0.3 is 33.3 Å². The number of methoxy groups -OCH3 is 2. The highest BCUT2D eigenvalue weighted by atomic mass is 32.2. The van der Waals surface area contributed by atoms with Crippen LogP contribution < -0.4 is 39.6 Å². The Morgan fingerprint density at radius 2 is 1.24 bits per heavy atom. The van der Waals surface area contributed by atoms with Gasteiger partial charge in [0.05, 0.1) is 49.6 Å². The van der Waals surface area contributed by atoms with Gasteiger partial charge in [0.15, 0.2) is 28.7 Å². The molecule has 0 aliphatic rings. The van der Waals surface area contributed by atoms with Crippen LogP contribution in [0, 0.1) is 0 Å². The number of aromatic nitrogens is 6. The molecule has 0 radical (unpaired) electrons. The first-order valence-corrected chi connectivity index (χ1v) is 23.8. The number of halogens is 3. The molecule has 0 aliphatic carbocycles. The second kappa shape index (κ2) is 21.7. The molecule has 374 valence electrons. The molecule has 8 rings (SSSR count). The van der Waals surface area contributed by atoms with Crippen molar-refractivity contribution >= 4 is 80.5 Å². The number of ether oxygens (including phenoxy) is 4. The van der Waals surface area contributed by atoms with Gasteiger partial charge in [-0.15, -0.1) is 0 Å². The molecule has 2 N–H and O–H groups in total. The quantitative estimate of drug-likeness (QED) is 0.0605. The van der Waals surface area contributed by atoms with Gasteiger partial charge in [-0.05, 0) is 83.1 Å². The molecule has 0 atom stereocenters. The van der Waals surface area contributed by atoms with Crippen molar-refractivity contribution < 1.29 is 50.8 Å². The summed E-state index contributed by atoms with van der Waals surface area (Å²) in [6.07, 6.45) is 2.83. The summed E-state index contributed by atoms with van der Waals surface area (Å²) >= 11 is 2.49. The average molecular weight is 1030 g/mol. The third-order valence-corrected chi connectivity index (χ3v) is 12.8. The molecule has 23 heteroatoms. The smallest absolute Gasteiger partial charge is 0.348 e. The van der Waals surface area contributed by atoms with E-state index in [9.17, 15) is 13.6 Å². The maximum Gasteiger partial charge on any atom is 0.348 e. The molecule has 0 fully saturated rings. The van der Waals surface area contributed by atoms with E-state index in [0.29, 0.717) is 77.9 Å². The van der Waals surface area contributed by atoms with Crippen molar-refractivity contribution in [1.82, 2.24) is 30.2 Å². The third kappa shape index (κ3) is 10.9. The number of carbonyl (C=O) groups excluding carboxylic acids is 2. The van der Waals surface area contributed by atoms with Gasteiger partial charge in [0.25, 0.3) is 0 Å². The maximum atomic E-state index is 15.1. The minimum atomic E-state index is -1.95. The van der Waals surface area contributed by atoms with Crippen LogP contribution in [0.25, 0.3) is 21.8 Å². The van der Waals surface area contributed by atoms with Crippen LogP contribution in [0.2, 0.25) is 0 Å². The van der Waals surface area contributed by atoms with E-state index in [1.165, 1.54) is 83.3 Å². The number of nitrogens with zero attached hydrogens (tertiary/aromatic N) is 8. The Morgan fingerprint density at radius 1 is 0.667 bits per heavy atom. The molecule has 0 saturated carbocycles. The molecule has 0 unspecified atom stereocenters. The van der Waals surface area contributed by atoms with E-state index in [2.05, 4.69) is 40.9 Å². The second-order valence-corrected chi connectivity index (χ2v) is 18.5. The first kappa shape index (κ1) is 50.6. The van der Waals surface area contributed by atoms with E-state index in [1.807, 2.05) is 13.8 Å². The van der Waals surface area contributed by atoms with Crippen molar-refractivity contribution in [3.05, 3.63) is 109 Å². The van der Waals surface area contributed by atoms with Crippen LogP contribution in [-0.2, 0) is 11.1 Å². The predicted octanol–water partition coefficient (Wildman–Crippen LogP) is 11.8. The number of alkyl halides is 3. The zero-order chi connectivity index (χ0) is 51.2. The largest absolute Gasteiger partial charge is 0.493 e. The summed E-state index contributed by atoms with van der Waals surface area (Å²) in [4.78, 5) is 49.0. The van der Waals surface area contributed by atoms with Crippen LogP contribution in [0.3, 0.4) is 0 Å². The number of benzene rings is 4. The zero-order valence-electron chi connectivity index (χ0n) is 39.9. The monoisotopic (exact) mass is 1020 g/mol. The van der Waals surface area contributed by atoms with E-state index in [0.717, 1.165) is 16.1 Å². The van der Waals surface area contributed by atoms with Crippen molar-refractivity contribution in [2.75, 3.05) is 61.4 Å². The number of urea groups is 2. The van der Waals surface area contributed by atoms with E-state index in [-0.39, 0.29) is 34.5 Å². The molecule has 18 nitrogen and oxygen atoms in total. The number of hydrogen-bond acceptors (Lipinski definition) is 16. The zero-order valence-corrected chi connectivity index (χ0v) is 41.5. The van der Waals surface area contributed by atoms with Gasteiger partial charge in [-0.1, -0.05) is 46.0 Å². The molecule has 8 aromatic rings. The second-order valence-electron chi connectivity index (χ2n) is 16.4. The van der Waals surface area contributed by atoms with Crippen molar-refractivity contribution in [3.63, 3.8) is 0 Å². The molecule has 0 aliphatic heterocycles. The summed E-state index contributed by atoms with van der Waals surface area (Å²) in [5.74, 6) is 1.08. The average Bonchev–Trinajstić information content (AvgIpc) is 4.07. The number of hydrazine groups is 1. The lowest BCUT2D eigenvalue weighted by atomic mass is 9.91. The summed E-state index contributed by atoms with van der Waals surface area (Å²) in [5, 5.41) is 17.3. The highest BCUT2D eigenvalue weighted by Gasteiger charge is 2.38. The summed E-state index contributed by atoms with van der Waals surface area (Å²) in [7, 11) is 3.05. The Bertz CT molecular complexity index is 3240. The first-order valence-electron chi connectivity index (χ1n) is 22.1. The third-order valence-electron chi connectivity index (χ3n) is 10.8. The van der Waals surface area contributed by atoms with Crippen LogP contribution in [0.4, 0.5) is 45.8 Å². The van der Waals surface area contributed by atoms with E-state index >= 15 is 9.18 Å². The summed E-state index contributed by atoms with van der Waals surface area (Å²) in [6, 6.07) is 20.7. The molecule has 4 aromatic carbocycles. The Hall–Kier alpha value is -7.79. The highest BCUT2D eigenvalue weighted by molar-refractivity contribution is 7.99. The number of nitrogens with one attached hydrogen (secondary N) is 2. The molecular weight excluding hydrogens is 978 g/mol. The van der Waals surface area contributed by atoms with Gasteiger partial charge in [0.2, 0.25) is 11.7 Å². The van der Waals surface area contributed by atoms with Crippen molar-refractivity contribution in [3.8, 4) is 23.0 Å². The molecule has 4 aromatic heterocycles. The predicted molar refractivity (Wildman–Crippen MR) is 265 cm³/mol. The number of anilines is 4. The van der Waals surface area contributed by atoms with Crippen LogP contribution >= 0.6 is 23.5 Å². The number of fused-ring (bicyclic) bond motifs is 2. The number of carbonyl (C=O) groups is 2. The van der Waals surface area contributed by atoms with E-state index in [1.54, 1.807) is 66.7 Å². The Morgan fingerprint density at radius 3 is 1.78 bits per heavy atom. The fraction of sp³-hybridized carbons (Fsp3) is 0.265. The van der Waals surface area contributed by atoms with E-state index < -0.39 is 36.5 Å². The standard InChI is InChI=1S/C49H47F3N10O8S2/c1-8-67-38-20-34-32(18-36(38)65-6)44(55-26-53-34)71-30-14-10-12-28(16-30)57-46(63)62(42-23-41(69-60-42)49(5,24-50)25-51)61(47(64)58-43-22-40(59-70-43)48(3,4)52)29-13-11-15-31(17-29)72-45-33-19-37(66-7)39(68-9-2)21-35(33)54-27-56-45/h10-23,26-27H,8-9,24-25H2,1-7H3,(H,57,63)(H,58,64). The van der Waals surface area contributed by atoms with Crippen LogP contribution in [0.15, 0.2) is 126 Å². The van der Waals surface area contributed by atoms with Gasteiger partial charge in [0, 0.05) is 50.5 Å². The molecule has 72 heavy (non-hydrogen) atoms. The van der Waals surface area contributed by atoms with Crippen molar-refractivity contribution in [1.29, 1.82) is 0 Å². The minimum Gasteiger partial charge on any atom is -0.493 e. The van der Waals surface area contributed by atoms with Gasteiger partial charge >= 0.3 is 12.1 Å². The topological polar surface area (TPSA) is 205 Å². The minimum absolute atomic E-state index is 0.0546.